The van der Waals surface area contributed by atoms with Gasteiger partial charge >= 0.3 is 5.97 Å². The average molecular weight is 236 g/mol. The number of carbonyl (C=O) groups is 2. The quantitative estimate of drug-likeness (QED) is 0.735. The van der Waals surface area contributed by atoms with E-state index in [4.69, 9.17) is 5.11 Å². The monoisotopic (exact) mass is 236 g/mol. The number of H-pyrrole nitrogens is 1. The fourth-order valence-corrected chi connectivity index (χ4v) is 2.40. The van der Waals surface area contributed by atoms with Crippen LogP contribution in [-0.4, -0.2) is 28.5 Å². The van der Waals surface area contributed by atoms with Crippen molar-refractivity contribution in [3.8, 4) is 0 Å². The van der Waals surface area contributed by atoms with Crippen molar-refractivity contribution in [2.24, 2.45) is 11.8 Å². The molecule has 0 aromatic carbocycles. The SMILES string of the molecule is O=C(NCC1CCCC1C(=O)O)c1ccc[nH]1. The number of aliphatic carboxylic acids is 1. The topological polar surface area (TPSA) is 82.2 Å². The molecule has 0 saturated heterocycles. The van der Waals surface area contributed by atoms with Gasteiger partial charge in [0.1, 0.15) is 5.69 Å². The summed E-state index contributed by atoms with van der Waals surface area (Å²) in [4.78, 5) is 25.4. The Hall–Kier alpha value is -1.78. The highest BCUT2D eigenvalue weighted by molar-refractivity contribution is 5.92. The lowest BCUT2D eigenvalue weighted by atomic mass is 9.96. The van der Waals surface area contributed by atoms with Crippen LogP contribution in [0.3, 0.4) is 0 Å². The summed E-state index contributed by atoms with van der Waals surface area (Å²) in [7, 11) is 0. The molecule has 0 spiro atoms. The fraction of sp³-hybridized carbons (Fsp3) is 0.500. The molecule has 1 aliphatic carbocycles. The normalized spacial score (nSPS) is 23.5. The minimum Gasteiger partial charge on any atom is -0.481 e. The molecule has 1 aromatic rings. The van der Waals surface area contributed by atoms with Crippen molar-refractivity contribution < 1.29 is 14.7 Å². The Morgan fingerprint density at radius 2 is 2.29 bits per heavy atom. The average Bonchev–Trinajstić information content (AvgIpc) is 2.96. The van der Waals surface area contributed by atoms with Gasteiger partial charge in [0.15, 0.2) is 0 Å². The van der Waals surface area contributed by atoms with E-state index in [0.29, 0.717) is 12.2 Å². The zero-order valence-electron chi connectivity index (χ0n) is 9.48. The van der Waals surface area contributed by atoms with E-state index < -0.39 is 5.97 Å². The van der Waals surface area contributed by atoms with Crippen LogP contribution in [0.5, 0.6) is 0 Å². The molecule has 1 heterocycles. The van der Waals surface area contributed by atoms with Crippen LogP contribution in [0.15, 0.2) is 18.3 Å². The van der Waals surface area contributed by atoms with Crippen molar-refractivity contribution in [3.05, 3.63) is 24.0 Å². The molecule has 1 amide bonds. The molecule has 0 radical (unpaired) electrons. The summed E-state index contributed by atoms with van der Waals surface area (Å²) < 4.78 is 0. The highest BCUT2D eigenvalue weighted by atomic mass is 16.4. The second-order valence-electron chi connectivity index (χ2n) is 4.43. The summed E-state index contributed by atoms with van der Waals surface area (Å²) in [6, 6.07) is 3.45. The lowest BCUT2D eigenvalue weighted by Crippen LogP contribution is -2.33. The van der Waals surface area contributed by atoms with Crippen molar-refractivity contribution in [2.45, 2.75) is 19.3 Å². The van der Waals surface area contributed by atoms with E-state index in [2.05, 4.69) is 10.3 Å². The van der Waals surface area contributed by atoms with E-state index in [1.807, 2.05) is 0 Å². The molecule has 5 heteroatoms. The smallest absolute Gasteiger partial charge is 0.306 e. The number of carboxylic acids is 1. The Bertz CT molecular complexity index is 400. The van der Waals surface area contributed by atoms with Crippen molar-refractivity contribution in [1.82, 2.24) is 10.3 Å². The number of aromatic amines is 1. The molecular formula is C12H16N2O3. The Morgan fingerprint density at radius 3 is 2.94 bits per heavy atom. The number of aromatic nitrogens is 1. The van der Waals surface area contributed by atoms with Crippen molar-refractivity contribution >= 4 is 11.9 Å². The van der Waals surface area contributed by atoms with Crippen LogP contribution >= 0.6 is 0 Å². The Balaban J connectivity index is 1.86. The summed E-state index contributed by atoms with van der Waals surface area (Å²) >= 11 is 0. The van der Waals surface area contributed by atoms with Crippen LogP contribution in [0.4, 0.5) is 0 Å². The second kappa shape index (κ2) is 5.03. The third kappa shape index (κ3) is 2.67. The minimum absolute atomic E-state index is 0.0615. The Labute approximate surface area is 99.2 Å². The van der Waals surface area contributed by atoms with Gasteiger partial charge in [-0.3, -0.25) is 9.59 Å². The van der Waals surface area contributed by atoms with Crippen molar-refractivity contribution in [3.63, 3.8) is 0 Å². The molecule has 2 atom stereocenters. The number of carboxylic acid groups (broad SMARTS) is 1. The molecular weight excluding hydrogens is 220 g/mol. The molecule has 0 bridgehead atoms. The number of carbonyl (C=O) groups excluding carboxylic acids is 1. The molecule has 1 aromatic heterocycles. The van der Waals surface area contributed by atoms with Crippen LogP contribution < -0.4 is 5.32 Å². The summed E-state index contributed by atoms with van der Waals surface area (Å²) in [5.74, 6) is -1.17. The minimum atomic E-state index is -0.748. The maximum atomic E-state index is 11.6. The third-order valence-electron chi connectivity index (χ3n) is 3.34. The first-order chi connectivity index (χ1) is 8.18. The summed E-state index contributed by atoms with van der Waals surface area (Å²) in [5.41, 5.74) is 0.509. The van der Waals surface area contributed by atoms with Gasteiger partial charge in [-0.05, 0) is 30.9 Å². The van der Waals surface area contributed by atoms with E-state index in [9.17, 15) is 9.59 Å². The second-order valence-corrected chi connectivity index (χ2v) is 4.43. The van der Waals surface area contributed by atoms with E-state index in [-0.39, 0.29) is 17.7 Å². The van der Waals surface area contributed by atoms with Crippen LogP contribution in [0.2, 0.25) is 0 Å². The first-order valence-corrected chi connectivity index (χ1v) is 5.83. The van der Waals surface area contributed by atoms with Gasteiger partial charge in [-0.2, -0.15) is 0 Å². The van der Waals surface area contributed by atoms with Crippen molar-refractivity contribution in [2.75, 3.05) is 6.54 Å². The van der Waals surface area contributed by atoms with Crippen LogP contribution in [0.25, 0.3) is 0 Å². The Morgan fingerprint density at radius 1 is 1.47 bits per heavy atom. The number of nitrogens with one attached hydrogen (secondary N) is 2. The Kier molecular flexibility index (Phi) is 3.46. The molecule has 5 nitrogen and oxygen atoms in total. The molecule has 1 saturated carbocycles. The maximum absolute atomic E-state index is 11.6. The number of hydrogen-bond acceptors (Lipinski definition) is 2. The number of amides is 1. The zero-order chi connectivity index (χ0) is 12.3. The largest absolute Gasteiger partial charge is 0.481 e. The van der Waals surface area contributed by atoms with Crippen LogP contribution in [-0.2, 0) is 4.79 Å². The van der Waals surface area contributed by atoms with Gasteiger partial charge in [-0.1, -0.05) is 6.42 Å². The van der Waals surface area contributed by atoms with Gasteiger partial charge in [0.2, 0.25) is 0 Å². The summed E-state index contributed by atoms with van der Waals surface area (Å²) in [5, 5.41) is 11.8. The standard InChI is InChI=1S/C12H16N2O3/c15-11(10-5-2-6-13-10)14-7-8-3-1-4-9(8)12(16)17/h2,5-6,8-9,13H,1,3-4,7H2,(H,14,15)(H,16,17). The maximum Gasteiger partial charge on any atom is 0.306 e. The van der Waals surface area contributed by atoms with Gasteiger partial charge in [-0.25, -0.2) is 0 Å². The molecule has 17 heavy (non-hydrogen) atoms. The first-order valence-electron chi connectivity index (χ1n) is 5.83. The van der Waals surface area contributed by atoms with Gasteiger partial charge in [0.25, 0.3) is 5.91 Å². The number of hydrogen-bond donors (Lipinski definition) is 3. The predicted octanol–water partition coefficient (Wildman–Crippen LogP) is 1.25. The van der Waals surface area contributed by atoms with E-state index in [1.165, 1.54) is 0 Å². The van der Waals surface area contributed by atoms with Gasteiger partial charge in [0, 0.05) is 12.7 Å². The van der Waals surface area contributed by atoms with E-state index in [1.54, 1.807) is 18.3 Å². The molecule has 1 fully saturated rings. The van der Waals surface area contributed by atoms with Gasteiger partial charge in [-0.15, -0.1) is 0 Å². The van der Waals surface area contributed by atoms with E-state index >= 15 is 0 Å². The summed E-state index contributed by atoms with van der Waals surface area (Å²) in [6.07, 6.45) is 4.21. The van der Waals surface area contributed by atoms with Gasteiger partial charge in [0.05, 0.1) is 5.92 Å². The van der Waals surface area contributed by atoms with Crippen LogP contribution in [0, 0.1) is 11.8 Å². The summed E-state index contributed by atoms with van der Waals surface area (Å²) in [6.45, 7) is 0.439. The molecule has 0 aliphatic heterocycles. The van der Waals surface area contributed by atoms with E-state index in [0.717, 1.165) is 19.3 Å². The first kappa shape index (κ1) is 11.7. The zero-order valence-corrected chi connectivity index (χ0v) is 9.48. The molecule has 2 rings (SSSR count). The molecule has 2 unspecified atom stereocenters. The lowest BCUT2D eigenvalue weighted by molar-refractivity contribution is -0.142. The molecule has 1 aliphatic rings. The predicted molar refractivity (Wildman–Crippen MR) is 61.6 cm³/mol. The van der Waals surface area contributed by atoms with Gasteiger partial charge < -0.3 is 15.4 Å². The third-order valence-corrected chi connectivity index (χ3v) is 3.34. The van der Waals surface area contributed by atoms with Crippen molar-refractivity contribution in [1.29, 1.82) is 0 Å². The number of rotatable bonds is 4. The fourth-order valence-electron chi connectivity index (χ4n) is 2.40. The molecule has 92 valence electrons. The highest BCUT2D eigenvalue weighted by Gasteiger charge is 2.32. The highest BCUT2D eigenvalue weighted by Crippen LogP contribution is 2.31. The lowest BCUT2D eigenvalue weighted by Gasteiger charge is -2.15. The molecule has 3 N–H and O–H groups in total. The van der Waals surface area contributed by atoms with Crippen LogP contribution in [0.1, 0.15) is 29.8 Å².